The minimum absolute atomic E-state index is 0.0515. The Morgan fingerprint density at radius 3 is 2.48 bits per heavy atom. The summed E-state index contributed by atoms with van der Waals surface area (Å²) in [6, 6.07) is 16.5. The number of ketones is 1. The quantitative estimate of drug-likeness (QED) is 0.171. The van der Waals surface area contributed by atoms with Crippen molar-refractivity contribution in [1.29, 1.82) is 0 Å². The molecule has 0 spiro atoms. The average Bonchev–Trinajstić information content (AvgIpc) is 3.26. The van der Waals surface area contributed by atoms with Gasteiger partial charge in [0.1, 0.15) is 18.1 Å². The molecule has 0 unspecified atom stereocenters. The van der Waals surface area contributed by atoms with Crippen molar-refractivity contribution in [2.45, 2.75) is 70.4 Å². The highest BCUT2D eigenvalue weighted by atomic mass is 16.5. The van der Waals surface area contributed by atoms with E-state index in [0.29, 0.717) is 41.4 Å². The minimum atomic E-state index is -1.20. The van der Waals surface area contributed by atoms with E-state index >= 15 is 0 Å². The predicted molar refractivity (Wildman–Crippen MR) is 178 cm³/mol. The van der Waals surface area contributed by atoms with Crippen molar-refractivity contribution in [3.8, 4) is 22.8 Å². The smallest absolute Gasteiger partial charge is 0.337 e. The van der Waals surface area contributed by atoms with E-state index in [1.54, 1.807) is 39.2 Å². The van der Waals surface area contributed by atoms with Crippen LogP contribution in [0, 0.1) is 0 Å². The molecule has 1 aliphatic carbocycles. The first kappa shape index (κ1) is 31.2. The molecule has 9 heteroatoms. The standard InChI is InChI=1S/C37H41N3O6/c1-37(2,32(41)20-25-18-24(36(43)45-4)11-15-29(25)38)39-35(42)23-10-13-27-30(19-23)40-16-17-46-31-21-26(44-3)12-14-28(31)34(40)33(27)22-8-6-5-7-9-22/h10-15,18-19,21-22H,5-9,16-17,20,38H2,1-4H3,(H,39,42). The Kier molecular flexibility index (Phi) is 8.51. The lowest BCUT2D eigenvalue weighted by Crippen LogP contribution is -2.50. The van der Waals surface area contributed by atoms with Crippen molar-refractivity contribution >= 4 is 34.3 Å². The minimum Gasteiger partial charge on any atom is -0.497 e. The summed E-state index contributed by atoms with van der Waals surface area (Å²) in [5.74, 6) is 0.868. The van der Waals surface area contributed by atoms with E-state index in [0.717, 1.165) is 46.5 Å². The number of anilines is 1. The Bertz CT molecular complexity index is 1830. The number of Topliss-reactive ketones (excluding diaryl/α,β-unsaturated/α-hetero) is 1. The number of nitrogen functional groups attached to an aromatic ring is 1. The van der Waals surface area contributed by atoms with E-state index in [2.05, 4.69) is 22.0 Å². The van der Waals surface area contributed by atoms with Crippen LogP contribution in [-0.2, 0) is 22.5 Å². The Labute approximate surface area is 269 Å². The Hall–Kier alpha value is -4.79. The lowest BCUT2D eigenvalue weighted by atomic mass is 9.81. The first-order chi connectivity index (χ1) is 22.1. The Morgan fingerprint density at radius 2 is 1.74 bits per heavy atom. The van der Waals surface area contributed by atoms with Crippen LogP contribution >= 0.6 is 0 Å². The second kappa shape index (κ2) is 12.5. The number of nitrogens with two attached hydrogens (primary N) is 1. The number of rotatable bonds is 8. The van der Waals surface area contributed by atoms with E-state index in [1.165, 1.54) is 31.9 Å². The molecular formula is C37H41N3O6. The topological polar surface area (TPSA) is 122 Å². The zero-order valence-electron chi connectivity index (χ0n) is 26.9. The number of amides is 1. The molecule has 1 aliphatic heterocycles. The van der Waals surface area contributed by atoms with Crippen LogP contribution in [0.4, 0.5) is 5.69 Å². The third kappa shape index (κ3) is 5.82. The lowest BCUT2D eigenvalue weighted by Gasteiger charge is -2.25. The Morgan fingerprint density at radius 1 is 0.978 bits per heavy atom. The van der Waals surface area contributed by atoms with Crippen LogP contribution in [0.1, 0.15) is 83.7 Å². The normalized spacial score (nSPS) is 14.9. The maximum absolute atomic E-state index is 13.7. The van der Waals surface area contributed by atoms with Gasteiger partial charge in [0.05, 0.1) is 37.6 Å². The fourth-order valence-electron chi connectivity index (χ4n) is 6.86. The van der Waals surface area contributed by atoms with Crippen molar-refractivity contribution in [3.05, 3.63) is 76.9 Å². The summed E-state index contributed by atoms with van der Waals surface area (Å²) in [6.07, 6.45) is 5.86. The second-order valence-electron chi connectivity index (χ2n) is 12.8. The van der Waals surface area contributed by atoms with Gasteiger partial charge in [-0.3, -0.25) is 9.59 Å². The van der Waals surface area contributed by atoms with Gasteiger partial charge in [0, 0.05) is 40.2 Å². The summed E-state index contributed by atoms with van der Waals surface area (Å²) in [5, 5.41) is 4.10. The molecule has 4 aromatic rings. The zero-order valence-corrected chi connectivity index (χ0v) is 26.9. The van der Waals surface area contributed by atoms with Gasteiger partial charge in [-0.2, -0.15) is 0 Å². The number of fused-ring (bicyclic) bond motifs is 5. The van der Waals surface area contributed by atoms with Gasteiger partial charge in [0.15, 0.2) is 5.78 Å². The number of carbonyl (C=O) groups excluding carboxylic acids is 3. The van der Waals surface area contributed by atoms with Crippen molar-refractivity contribution in [3.63, 3.8) is 0 Å². The SMILES string of the molecule is COC(=O)c1ccc(N)c(CC(=O)C(C)(C)NC(=O)c2ccc3c(C4CCCCC4)c4n(c3c2)CCOc2cc(OC)ccc2-4)c1. The number of esters is 1. The van der Waals surface area contributed by atoms with Gasteiger partial charge in [-0.1, -0.05) is 25.3 Å². The summed E-state index contributed by atoms with van der Waals surface area (Å²) in [4.78, 5) is 39.2. The predicted octanol–water partition coefficient (Wildman–Crippen LogP) is 6.45. The highest BCUT2D eigenvalue weighted by Gasteiger charge is 2.32. The summed E-state index contributed by atoms with van der Waals surface area (Å²) < 4.78 is 18.8. The largest absolute Gasteiger partial charge is 0.497 e. The molecule has 0 saturated heterocycles. The van der Waals surface area contributed by atoms with Gasteiger partial charge in [0.2, 0.25) is 0 Å². The number of methoxy groups -OCH3 is 2. The monoisotopic (exact) mass is 623 g/mol. The van der Waals surface area contributed by atoms with Crippen LogP contribution in [0.2, 0.25) is 0 Å². The fraction of sp³-hybridized carbons (Fsp3) is 0.378. The van der Waals surface area contributed by atoms with Crippen LogP contribution in [-0.4, -0.2) is 48.6 Å². The van der Waals surface area contributed by atoms with E-state index in [1.807, 2.05) is 24.3 Å². The summed E-state index contributed by atoms with van der Waals surface area (Å²) in [5.41, 5.74) is 11.1. The third-order valence-electron chi connectivity index (χ3n) is 9.43. The van der Waals surface area contributed by atoms with Gasteiger partial charge in [-0.05, 0) is 86.2 Å². The number of aromatic nitrogens is 1. The van der Waals surface area contributed by atoms with E-state index in [4.69, 9.17) is 19.9 Å². The average molecular weight is 624 g/mol. The number of hydrogen-bond acceptors (Lipinski definition) is 7. The molecule has 1 fully saturated rings. The van der Waals surface area contributed by atoms with E-state index < -0.39 is 11.5 Å². The van der Waals surface area contributed by atoms with Crippen molar-refractivity contribution in [2.24, 2.45) is 0 Å². The summed E-state index contributed by atoms with van der Waals surface area (Å²) in [6.45, 7) is 4.48. The molecule has 3 N–H and O–H groups in total. The van der Waals surface area contributed by atoms with Crippen molar-refractivity contribution in [1.82, 2.24) is 9.88 Å². The molecule has 3 aromatic carbocycles. The van der Waals surface area contributed by atoms with Gasteiger partial charge in [-0.15, -0.1) is 0 Å². The number of nitrogens with one attached hydrogen (secondary N) is 1. The molecule has 1 saturated carbocycles. The van der Waals surface area contributed by atoms with Crippen LogP contribution in [0.15, 0.2) is 54.6 Å². The van der Waals surface area contributed by atoms with E-state index in [-0.39, 0.29) is 18.1 Å². The molecule has 0 radical (unpaired) electrons. The summed E-state index contributed by atoms with van der Waals surface area (Å²) in [7, 11) is 2.95. The van der Waals surface area contributed by atoms with Crippen molar-refractivity contribution in [2.75, 3.05) is 26.6 Å². The lowest BCUT2D eigenvalue weighted by molar-refractivity contribution is -0.123. The van der Waals surface area contributed by atoms with E-state index in [9.17, 15) is 14.4 Å². The first-order valence-electron chi connectivity index (χ1n) is 15.9. The maximum Gasteiger partial charge on any atom is 0.337 e. The highest BCUT2D eigenvalue weighted by molar-refractivity contribution is 6.04. The fourth-order valence-corrected chi connectivity index (χ4v) is 6.86. The molecule has 0 atom stereocenters. The van der Waals surface area contributed by atoms with Crippen LogP contribution in [0.25, 0.3) is 22.2 Å². The highest BCUT2D eigenvalue weighted by Crippen LogP contribution is 2.47. The summed E-state index contributed by atoms with van der Waals surface area (Å²) >= 11 is 0. The Balaban J connectivity index is 1.33. The number of hydrogen-bond donors (Lipinski definition) is 2. The molecule has 6 rings (SSSR count). The number of benzene rings is 3. The number of carbonyl (C=O) groups is 3. The molecule has 2 aliphatic rings. The molecule has 2 heterocycles. The molecule has 9 nitrogen and oxygen atoms in total. The molecule has 1 amide bonds. The van der Waals surface area contributed by atoms with Crippen LogP contribution < -0.4 is 20.5 Å². The van der Waals surface area contributed by atoms with Crippen LogP contribution in [0.5, 0.6) is 11.5 Å². The van der Waals surface area contributed by atoms with Crippen molar-refractivity contribution < 1.29 is 28.6 Å². The number of ether oxygens (including phenoxy) is 3. The third-order valence-corrected chi connectivity index (χ3v) is 9.43. The molecule has 46 heavy (non-hydrogen) atoms. The first-order valence-corrected chi connectivity index (χ1v) is 15.9. The molecule has 240 valence electrons. The van der Waals surface area contributed by atoms with Crippen LogP contribution in [0.3, 0.4) is 0 Å². The van der Waals surface area contributed by atoms with Gasteiger partial charge in [-0.25, -0.2) is 4.79 Å². The molecule has 1 aromatic heterocycles. The van der Waals surface area contributed by atoms with Gasteiger partial charge >= 0.3 is 5.97 Å². The second-order valence-corrected chi connectivity index (χ2v) is 12.8. The number of nitrogens with zero attached hydrogens (tertiary/aromatic N) is 1. The van der Waals surface area contributed by atoms with Gasteiger partial charge < -0.3 is 29.8 Å². The maximum atomic E-state index is 13.7. The van der Waals surface area contributed by atoms with Gasteiger partial charge in [0.25, 0.3) is 5.91 Å². The molecular weight excluding hydrogens is 582 g/mol. The molecule has 0 bridgehead atoms. The zero-order chi connectivity index (χ0) is 32.6.